The second-order valence-corrected chi connectivity index (χ2v) is 7.74. The number of H-pyrrole nitrogens is 1. The Morgan fingerprint density at radius 1 is 0.968 bits per heavy atom. The van der Waals surface area contributed by atoms with Crippen LogP contribution < -0.4 is 5.76 Å². The van der Waals surface area contributed by atoms with E-state index in [9.17, 15) is 9.59 Å². The number of benzene rings is 3. The van der Waals surface area contributed by atoms with Gasteiger partial charge in [-0.3, -0.25) is 9.78 Å². The molecule has 6 rings (SSSR count). The minimum Gasteiger partial charge on any atom is -0.443 e. The Bertz CT molecular complexity index is 1510. The summed E-state index contributed by atoms with van der Waals surface area (Å²) in [6.45, 7) is 0.410. The van der Waals surface area contributed by atoms with Crippen molar-refractivity contribution in [3.8, 4) is 0 Å². The normalized spacial score (nSPS) is 15.8. The number of rotatable bonds is 4. The maximum Gasteiger partial charge on any atom is 0.417 e. The quantitative estimate of drug-likeness (QED) is 0.478. The summed E-state index contributed by atoms with van der Waals surface area (Å²) in [5, 5.41) is 0. The Kier molecular flexibility index (Phi) is 3.83. The largest absolute Gasteiger partial charge is 0.443 e. The van der Waals surface area contributed by atoms with Gasteiger partial charge in [-0.2, -0.15) is 0 Å². The van der Waals surface area contributed by atoms with Gasteiger partial charge in [-0.1, -0.05) is 30.3 Å². The lowest BCUT2D eigenvalue weighted by molar-refractivity contribution is 0.0709. The van der Waals surface area contributed by atoms with Crippen LogP contribution in [0.5, 0.6) is 0 Å². The second kappa shape index (κ2) is 6.70. The third-order valence-corrected chi connectivity index (χ3v) is 5.85. The first-order valence-corrected chi connectivity index (χ1v) is 9.99. The smallest absolute Gasteiger partial charge is 0.417 e. The van der Waals surface area contributed by atoms with Crippen molar-refractivity contribution in [2.45, 2.75) is 19.0 Å². The first kappa shape index (κ1) is 17.7. The minimum absolute atomic E-state index is 0.00281. The summed E-state index contributed by atoms with van der Waals surface area (Å²) >= 11 is 0. The van der Waals surface area contributed by atoms with Crippen LogP contribution in [0.2, 0.25) is 0 Å². The van der Waals surface area contributed by atoms with Gasteiger partial charge in [0, 0.05) is 12.1 Å². The van der Waals surface area contributed by atoms with Gasteiger partial charge in [0.25, 0.3) is 5.91 Å². The lowest BCUT2D eigenvalue weighted by Gasteiger charge is -2.26. The molecule has 0 saturated heterocycles. The van der Waals surface area contributed by atoms with Crippen LogP contribution in [-0.4, -0.2) is 20.8 Å². The fraction of sp³-hybridized carbons (Fsp3) is 0.125. The fourth-order valence-corrected chi connectivity index (χ4v) is 4.38. The zero-order valence-electron chi connectivity index (χ0n) is 16.4. The first-order chi connectivity index (χ1) is 15.2. The third kappa shape index (κ3) is 2.93. The van der Waals surface area contributed by atoms with Gasteiger partial charge in [0.1, 0.15) is 5.52 Å². The molecule has 152 valence electrons. The average molecular weight is 411 g/mol. The molecule has 0 aliphatic carbocycles. The molecule has 1 aliphatic heterocycles. The molecule has 7 nitrogen and oxygen atoms in total. The summed E-state index contributed by atoms with van der Waals surface area (Å²) in [4.78, 5) is 33.4. The van der Waals surface area contributed by atoms with E-state index in [1.165, 1.54) is 6.39 Å². The van der Waals surface area contributed by atoms with Crippen LogP contribution >= 0.6 is 0 Å². The van der Waals surface area contributed by atoms with Gasteiger partial charge in [0.05, 0.1) is 11.6 Å². The van der Waals surface area contributed by atoms with Crippen LogP contribution in [0.25, 0.3) is 22.2 Å². The molecule has 0 saturated carbocycles. The zero-order valence-corrected chi connectivity index (χ0v) is 16.4. The fourth-order valence-electron chi connectivity index (χ4n) is 4.38. The second-order valence-electron chi connectivity index (χ2n) is 7.74. The lowest BCUT2D eigenvalue weighted by Crippen LogP contribution is -2.28. The highest BCUT2D eigenvalue weighted by atomic mass is 16.4. The Hall–Kier alpha value is -4.13. The third-order valence-electron chi connectivity index (χ3n) is 5.85. The first-order valence-electron chi connectivity index (χ1n) is 9.99. The summed E-state index contributed by atoms with van der Waals surface area (Å²) < 4.78 is 10.6. The molecule has 1 amide bonds. The molecule has 0 bridgehead atoms. The van der Waals surface area contributed by atoms with E-state index in [1.807, 2.05) is 53.4 Å². The molecule has 7 heteroatoms. The lowest BCUT2D eigenvalue weighted by atomic mass is 9.98. The van der Waals surface area contributed by atoms with Crippen molar-refractivity contribution in [3.63, 3.8) is 0 Å². The topological polar surface area (TPSA) is 92.3 Å². The van der Waals surface area contributed by atoms with Crippen LogP contribution in [-0.2, 0) is 13.0 Å². The van der Waals surface area contributed by atoms with Gasteiger partial charge in [0.2, 0.25) is 0 Å². The number of fused-ring (bicyclic) bond motifs is 3. The molecule has 5 aromatic rings. The Morgan fingerprint density at radius 2 is 1.81 bits per heavy atom. The molecule has 1 atom stereocenters. The standard InChI is InChI=1S/C24H17N3O4/c28-23-17-4-2-1-3-16(17)20(9-14-5-7-18-21(10-14)30-13-25-18)27(23)12-15-6-8-19-22(11-15)31-24(29)26-19/h1-8,10-11,13,20H,9,12H2,(H,26,29). The van der Waals surface area contributed by atoms with E-state index in [1.54, 1.807) is 12.1 Å². The number of oxazole rings is 2. The van der Waals surface area contributed by atoms with E-state index in [0.717, 1.165) is 33.4 Å². The Balaban J connectivity index is 1.37. The van der Waals surface area contributed by atoms with Crippen molar-refractivity contribution in [1.82, 2.24) is 14.9 Å². The number of nitrogens with one attached hydrogen (secondary N) is 1. The van der Waals surface area contributed by atoms with E-state index < -0.39 is 5.76 Å². The number of carbonyl (C=O) groups excluding carboxylic acids is 1. The Labute approximate surface area is 175 Å². The van der Waals surface area contributed by atoms with Crippen molar-refractivity contribution in [2.24, 2.45) is 0 Å². The predicted octanol–water partition coefficient (Wildman–Crippen LogP) is 4.20. The van der Waals surface area contributed by atoms with E-state index in [-0.39, 0.29) is 11.9 Å². The van der Waals surface area contributed by atoms with Crippen molar-refractivity contribution in [2.75, 3.05) is 0 Å². The minimum atomic E-state index is -0.488. The highest BCUT2D eigenvalue weighted by Crippen LogP contribution is 2.37. The van der Waals surface area contributed by atoms with Crippen molar-refractivity contribution in [3.05, 3.63) is 99.9 Å². The van der Waals surface area contributed by atoms with E-state index >= 15 is 0 Å². The molecule has 0 radical (unpaired) electrons. The highest BCUT2D eigenvalue weighted by Gasteiger charge is 2.36. The molecule has 1 unspecified atom stereocenters. The summed E-state index contributed by atoms with van der Waals surface area (Å²) in [7, 11) is 0. The molecule has 3 heterocycles. The van der Waals surface area contributed by atoms with Gasteiger partial charge in [-0.25, -0.2) is 9.78 Å². The van der Waals surface area contributed by atoms with Gasteiger partial charge >= 0.3 is 5.76 Å². The summed E-state index contributed by atoms with van der Waals surface area (Å²) in [6, 6.07) is 19.1. The maximum absolute atomic E-state index is 13.3. The highest BCUT2D eigenvalue weighted by molar-refractivity contribution is 5.99. The van der Waals surface area contributed by atoms with Crippen LogP contribution in [0.15, 0.2) is 80.7 Å². The predicted molar refractivity (Wildman–Crippen MR) is 114 cm³/mol. The van der Waals surface area contributed by atoms with Crippen LogP contribution in [0.3, 0.4) is 0 Å². The Morgan fingerprint density at radius 3 is 2.74 bits per heavy atom. The molecular formula is C24H17N3O4. The average Bonchev–Trinajstić information content (AvgIpc) is 3.45. The molecule has 1 aliphatic rings. The number of carbonyl (C=O) groups is 1. The van der Waals surface area contributed by atoms with E-state index in [2.05, 4.69) is 9.97 Å². The van der Waals surface area contributed by atoms with Crippen molar-refractivity contribution >= 4 is 28.1 Å². The van der Waals surface area contributed by atoms with Gasteiger partial charge < -0.3 is 13.7 Å². The van der Waals surface area contributed by atoms with Crippen molar-refractivity contribution < 1.29 is 13.6 Å². The van der Waals surface area contributed by atoms with E-state index in [4.69, 9.17) is 8.83 Å². The number of amides is 1. The zero-order chi connectivity index (χ0) is 20.9. The van der Waals surface area contributed by atoms with Crippen LogP contribution in [0.1, 0.15) is 33.1 Å². The number of aromatic amines is 1. The summed E-state index contributed by atoms with van der Waals surface area (Å²) in [5.74, 6) is -0.491. The molecule has 1 N–H and O–H groups in total. The molecular weight excluding hydrogens is 394 g/mol. The van der Waals surface area contributed by atoms with Crippen LogP contribution in [0.4, 0.5) is 0 Å². The van der Waals surface area contributed by atoms with Gasteiger partial charge in [-0.05, 0) is 53.4 Å². The van der Waals surface area contributed by atoms with Crippen LogP contribution in [0, 0.1) is 0 Å². The molecule has 0 spiro atoms. The van der Waals surface area contributed by atoms with Gasteiger partial charge in [-0.15, -0.1) is 0 Å². The number of nitrogens with zero attached hydrogens (tertiary/aromatic N) is 2. The van der Waals surface area contributed by atoms with Crippen molar-refractivity contribution in [1.29, 1.82) is 0 Å². The van der Waals surface area contributed by atoms with Gasteiger partial charge in [0.15, 0.2) is 17.6 Å². The summed E-state index contributed by atoms with van der Waals surface area (Å²) in [5.41, 5.74) is 6.37. The molecule has 31 heavy (non-hydrogen) atoms. The summed E-state index contributed by atoms with van der Waals surface area (Å²) in [6.07, 6.45) is 2.09. The maximum atomic E-state index is 13.3. The van der Waals surface area contributed by atoms with E-state index in [0.29, 0.717) is 24.1 Å². The number of hydrogen-bond donors (Lipinski definition) is 1. The SMILES string of the molecule is O=C1c2ccccc2C(Cc2ccc3ncoc3c2)N1Cc1ccc2[nH]c(=O)oc2c1. The number of hydrogen-bond acceptors (Lipinski definition) is 5. The monoisotopic (exact) mass is 411 g/mol. The molecule has 0 fully saturated rings. The molecule has 2 aromatic heterocycles. The number of aromatic nitrogens is 2. The molecule has 3 aromatic carbocycles.